The van der Waals surface area contributed by atoms with E-state index in [0.717, 1.165) is 51.0 Å². The first-order valence-corrected chi connectivity index (χ1v) is 18.6. The molecule has 0 aliphatic carbocycles. The van der Waals surface area contributed by atoms with Crippen molar-refractivity contribution >= 4 is 57.8 Å². The third-order valence-corrected chi connectivity index (χ3v) is 10.9. The molecule has 53 heavy (non-hydrogen) atoms. The molecule has 1 saturated heterocycles. The van der Waals surface area contributed by atoms with Gasteiger partial charge in [0.2, 0.25) is 11.8 Å². The van der Waals surface area contributed by atoms with Crippen LogP contribution in [0.4, 0.5) is 10.5 Å². The van der Waals surface area contributed by atoms with Crippen LogP contribution in [-0.2, 0) is 22.4 Å². The minimum absolute atomic E-state index is 0.0386. The smallest absolute Gasteiger partial charge is 0.307 e. The number of hydrogen-bond acceptors (Lipinski definition) is 11. The number of aromatic nitrogens is 1. The second-order valence-corrected chi connectivity index (χ2v) is 14.9. The van der Waals surface area contributed by atoms with Gasteiger partial charge in [-0.25, -0.2) is 4.90 Å². The van der Waals surface area contributed by atoms with Crippen molar-refractivity contribution in [2.75, 3.05) is 31.8 Å². The van der Waals surface area contributed by atoms with Crippen LogP contribution in [-0.4, -0.2) is 64.8 Å². The number of nitrogens with zero attached hydrogens (tertiary/aromatic N) is 1. The maximum atomic E-state index is 13.7. The van der Waals surface area contributed by atoms with Crippen molar-refractivity contribution in [3.05, 3.63) is 133 Å². The summed E-state index contributed by atoms with van der Waals surface area (Å²) in [6.45, 7) is 0.102. The maximum Gasteiger partial charge on any atom is 0.307 e. The highest BCUT2D eigenvalue weighted by Crippen LogP contribution is 2.42. The van der Waals surface area contributed by atoms with Crippen LogP contribution in [0.15, 0.2) is 95.8 Å². The SMILES string of the molecule is COc1c(C(C=O)COc2ccc(Cc3sc(=O)[nH]c3O)cc2)cccc1N1C(=O)SC(Cc2ccc(OCC(CO)c3cccc(Cl)c3)cc2)C1=O. The Bertz CT molecular complexity index is 2140. The van der Waals surface area contributed by atoms with Crippen LogP contribution >= 0.6 is 34.7 Å². The fraction of sp³-hybridized carbons (Fsp3) is 0.231. The molecule has 0 radical (unpaired) electrons. The highest BCUT2D eigenvalue weighted by Gasteiger charge is 2.42. The molecule has 1 aliphatic rings. The van der Waals surface area contributed by atoms with E-state index < -0.39 is 22.3 Å². The number of thiazole rings is 1. The Labute approximate surface area is 318 Å². The molecule has 6 rings (SSSR count). The third-order valence-electron chi connectivity index (χ3n) is 8.71. The monoisotopic (exact) mass is 774 g/mol. The molecule has 0 saturated carbocycles. The summed E-state index contributed by atoms with van der Waals surface area (Å²) in [5.74, 6) is -0.270. The standard InChI is InChI=1S/C39H35ClN2O9S2/c1-49-35-31(27(20-44)22-51-30-12-8-23(9-13-30)16-33-36(45)41-38(47)52-33)6-3-7-32(35)42-37(46)34(53-39(42)48)17-24-10-14-29(15-11-24)50-21-26(19-43)25-4-2-5-28(40)18-25/h2-15,18,20,26-27,34,43,45H,16-17,19,21-22H2,1H3,(H,41,47). The van der Waals surface area contributed by atoms with Gasteiger partial charge < -0.3 is 29.2 Å². The van der Waals surface area contributed by atoms with Crippen LogP contribution < -0.4 is 24.0 Å². The third kappa shape index (κ3) is 8.94. The van der Waals surface area contributed by atoms with Gasteiger partial charge >= 0.3 is 4.87 Å². The summed E-state index contributed by atoms with van der Waals surface area (Å²) in [6.07, 6.45) is 1.39. The molecule has 3 N–H and O–H groups in total. The molecule has 14 heteroatoms. The lowest BCUT2D eigenvalue weighted by molar-refractivity contribution is -0.117. The number of para-hydroxylation sites is 1. The summed E-state index contributed by atoms with van der Waals surface area (Å²) in [4.78, 5) is 54.4. The molecule has 3 atom stereocenters. The fourth-order valence-electron chi connectivity index (χ4n) is 5.93. The number of aromatic hydroxyl groups is 1. The number of aliphatic hydroxyl groups excluding tert-OH is 1. The number of carbonyl (C=O) groups excluding carboxylic acids is 3. The molecule has 1 fully saturated rings. The Morgan fingerprint density at radius 2 is 1.60 bits per heavy atom. The maximum absolute atomic E-state index is 13.7. The van der Waals surface area contributed by atoms with E-state index >= 15 is 0 Å². The Balaban J connectivity index is 1.08. The number of benzene rings is 4. The molecule has 274 valence electrons. The molecular formula is C39H35ClN2O9S2. The second kappa shape index (κ2) is 17.2. The Morgan fingerprint density at radius 3 is 2.23 bits per heavy atom. The minimum atomic E-state index is -0.784. The Hall–Kier alpha value is -5.08. The van der Waals surface area contributed by atoms with E-state index in [1.54, 1.807) is 66.7 Å². The van der Waals surface area contributed by atoms with Crippen LogP contribution in [0.25, 0.3) is 0 Å². The molecule has 2 heterocycles. The summed E-state index contributed by atoms with van der Waals surface area (Å²) in [5, 5.41) is 19.2. The van der Waals surface area contributed by atoms with Gasteiger partial charge in [-0.15, -0.1) is 0 Å². The van der Waals surface area contributed by atoms with Crippen LogP contribution in [0.3, 0.4) is 0 Å². The van der Waals surface area contributed by atoms with E-state index in [1.165, 1.54) is 7.11 Å². The number of nitrogens with one attached hydrogen (secondary N) is 1. The summed E-state index contributed by atoms with van der Waals surface area (Å²) in [7, 11) is 1.42. The quantitative estimate of drug-likeness (QED) is 0.0921. The van der Waals surface area contributed by atoms with Gasteiger partial charge in [-0.1, -0.05) is 83.2 Å². The summed E-state index contributed by atoms with van der Waals surface area (Å²) in [6, 6.07) is 26.5. The average molecular weight is 775 g/mol. The van der Waals surface area contributed by atoms with Crippen molar-refractivity contribution in [3.63, 3.8) is 0 Å². The lowest BCUT2D eigenvalue weighted by Gasteiger charge is -2.22. The van der Waals surface area contributed by atoms with Gasteiger partial charge in [0.25, 0.3) is 5.24 Å². The van der Waals surface area contributed by atoms with E-state index in [9.17, 15) is 29.4 Å². The number of hydrogen-bond donors (Lipinski definition) is 3. The molecular weight excluding hydrogens is 740 g/mol. The number of ether oxygens (including phenoxy) is 3. The number of aliphatic hydroxyl groups is 1. The molecule has 2 amide bonds. The van der Waals surface area contributed by atoms with Crippen molar-refractivity contribution in [2.24, 2.45) is 0 Å². The van der Waals surface area contributed by atoms with Gasteiger partial charge in [0.15, 0.2) is 0 Å². The highest BCUT2D eigenvalue weighted by molar-refractivity contribution is 8.15. The summed E-state index contributed by atoms with van der Waals surface area (Å²) < 4.78 is 17.6. The topological polar surface area (TPSA) is 155 Å². The van der Waals surface area contributed by atoms with Crippen molar-refractivity contribution in [1.29, 1.82) is 0 Å². The largest absolute Gasteiger partial charge is 0.494 e. The summed E-state index contributed by atoms with van der Waals surface area (Å²) >= 11 is 7.97. The zero-order valence-electron chi connectivity index (χ0n) is 28.4. The van der Waals surface area contributed by atoms with Gasteiger partial charge in [-0.05, 0) is 65.6 Å². The molecule has 0 bridgehead atoms. The van der Waals surface area contributed by atoms with Crippen molar-refractivity contribution < 1.29 is 38.8 Å². The number of imide groups is 1. The number of aldehydes is 1. The van der Waals surface area contributed by atoms with Crippen LogP contribution in [0.2, 0.25) is 5.02 Å². The molecule has 1 aliphatic heterocycles. The number of H-pyrrole nitrogens is 1. The van der Waals surface area contributed by atoms with Gasteiger partial charge in [0.1, 0.15) is 30.1 Å². The van der Waals surface area contributed by atoms with E-state index in [0.29, 0.717) is 39.8 Å². The number of methoxy groups -OCH3 is 1. The van der Waals surface area contributed by atoms with Gasteiger partial charge in [0, 0.05) is 22.9 Å². The molecule has 3 unspecified atom stereocenters. The van der Waals surface area contributed by atoms with E-state index in [4.69, 9.17) is 25.8 Å². The first-order valence-electron chi connectivity index (χ1n) is 16.5. The van der Waals surface area contributed by atoms with Gasteiger partial charge in [-0.2, -0.15) is 0 Å². The zero-order valence-corrected chi connectivity index (χ0v) is 30.8. The predicted molar refractivity (Wildman–Crippen MR) is 204 cm³/mol. The first-order chi connectivity index (χ1) is 25.7. The Kier molecular flexibility index (Phi) is 12.2. The number of aromatic amines is 1. The van der Waals surface area contributed by atoms with Gasteiger partial charge in [0.05, 0.1) is 42.1 Å². The first kappa shape index (κ1) is 37.7. The fourth-order valence-corrected chi connectivity index (χ4v) is 7.91. The highest BCUT2D eigenvalue weighted by atomic mass is 35.5. The normalized spacial score (nSPS) is 15.3. The second-order valence-electron chi connectivity index (χ2n) is 12.2. The van der Waals surface area contributed by atoms with E-state index in [-0.39, 0.29) is 47.9 Å². The molecule has 11 nitrogen and oxygen atoms in total. The van der Waals surface area contributed by atoms with Crippen LogP contribution in [0.1, 0.15) is 39.0 Å². The molecule has 0 spiro atoms. The molecule has 5 aromatic rings. The lowest BCUT2D eigenvalue weighted by Crippen LogP contribution is -2.32. The number of thioether (sulfide) groups is 1. The average Bonchev–Trinajstić information content (AvgIpc) is 3.63. The molecule has 1 aromatic heterocycles. The van der Waals surface area contributed by atoms with Crippen molar-refractivity contribution in [1.82, 2.24) is 4.98 Å². The van der Waals surface area contributed by atoms with E-state index in [2.05, 4.69) is 4.98 Å². The minimum Gasteiger partial charge on any atom is -0.494 e. The van der Waals surface area contributed by atoms with Crippen LogP contribution in [0, 0.1) is 0 Å². The summed E-state index contributed by atoms with van der Waals surface area (Å²) in [5.41, 5.74) is 3.25. The lowest BCUT2D eigenvalue weighted by atomic mass is 9.99. The number of carbonyl (C=O) groups is 3. The Morgan fingerprint density at radius 1 is 0.925 bits per heavy atom. The predicted octanol–water partition coefficient (Wildman–Crippen LogP) is 6.72. The van der Waals surface area contributed by atoms with Crippen LogP contribution in [0.5, 0.6) is 23.1 Å². The number of anilines is 1. The van der Waals surface area contributed by atoms with Crippen molar-refractivity contribution in [2.45, 2.75) is 29.9 Å². The number of rotatable bonds is 16. The number of halogens is 1. The molecule has 4 aromatic carbocycles. The van der Waals surface area contributed by atoms with Gasteiger partial charge in [-0.3, -0.25) is 19.4 Å². The zero-order chi connectivity index (χ0) is 37.5. The van der Waals surface area contributed by atoms with E-state index in [1.807, 2.05) is 24.3 Å². The number of amides is 2. The van der Waals surface area contributed by atoms with Crippen molar-refractivity contribution in [3.8, 4) is 23.1 Å².